The number of anilines is 3. The third kappa shape index (κ3) is 9.78. The van der Waals surface area contributed by atoms with Crippen molar-refractivity contribution in [2.45, 2.75) is 96.7 Å². The molecule has 0 atom stereocenters. The van der Waals surface area contributed by atoms with Gasteiger partial charge in [-0.25, -0.2) is 4.98 Å². The number of nitrogens with zero attached hydrogens (tertiary/aromatic N) is 5. The van der Waals surface area contributed by atoms with E-state index in [9.17, 15) is 18.0 Å². The summed E-state index contributed by atoms with van der Waals surface area (Å²) in [5.41, 5.74) is 2.32. The highest BCUT2D eigenvalue weighted by Crippen LogP contribution is 2.36. The molecule has 3 heterocycles. The second-order valence-corrected chi connectivity index (χ2v) is 12.6. The van der Waals surface area contributed by atoms with E-state index in [0.29, 0.717) is 37.9 Å². The Kier molecular flexibility index (Phi) is 12.9. The molecule has 2 aliphatic heterocycles. The summed E-state index contributed by atoms with van der Waals surface area (Å²) in [6.45, 7) is 12.0. The molecule has 250 valence electrons. The van der Waals surface area contributed by atoms with Crippen LogP contribution in [0.3, 0.4) is 0 Å². The molecule has 1 aromatic carbocycles. The molecule has 1 amide bonds. The molecule has 1 aromatic heterocycles. The number of nitrogens with one attached hydrogen (secondary N) is 2. The first-order valence-corrected chi connectivity index (χ1v) is 16.9. The Morgan fingerprint density at radius 3 is 2.40 bits per heavy atom. The predicted octanol–water partition coefficient (Wildman–Crippen LogP) is 6.92. The van der Waals surface area contributed by atoms with Crippen molar-refractivity contribution < 1.29 is 18.0 Å². The van der Waals surface area contributed by atoms with E-state index in [0.717, 1.165) is 62.6 Å². The number of likely N-dealkylation sites (tertiary alicyclic amines) is 2. The zero-order chi connectivity index (χ0) is 32.4. The third-order valence-corrected chi connectivity index (χ3v) is 9.26. The lowest BCUT2D eigenvalue weighted by molar-refractivity contribution is -0.137. The van der Waals surface area contributed by atoms with Gasteiger partial charge in [0.1, 0.15) is 11.4 Å². The molecule has 2 saturated heterocycles. The van der Waals surface area contributed by atoms with Crippen LogP contribution < -0.4 is 10.6 Å². The highest BCUT2D eigenvalue weighted by molar-refractivity contribution is 5.76. The van der Waals surface area contributed by atoms with E-state index in [-0.39, 0.29) is 24.2 Å². The molecule has 0 aliphatic carbocycles. The van der Waals surface area contributed by atoms with Gasteiger partial charge in [0.2, 0.25) is 11.9 Å². The van der Waals surface area contributed by atoms with Crippen molar-refractivity contribution in [3.05, 3.63) is 41.1 Å². The number of aryl methyl sites for hydroxylation is 1. The molecular weight excluding hydrogens is 579 g/mol. The van der Waals surface area contributed by atoms with Crippen LogP contribution in [0, 0.1) is 0 Å². The summed E-state index contributed by atoms with van der Waals surface area (Å²) in [5, 5.41) is 6.05. The topological polar surface area (TPSA) is 76.6 Å². The zero-order valence-electron chi connectivity index (χ0n) is 27.6. The Balaban J connectivity index is 1.39. The van der Waals surface area contributed by atoms with Gasteiger partial charge in [0, 0.05) is 44.0 Å². The maximum atomic E-state index is 13.8. The molecule has 0 bridgehead atoms. The maximum absolute atomic E-state index is 13.8. The highest BCUT2D eigenvalue weighted by atomic mass is 19.4. The van der Waals surface area contributed by atoms with Crippen LogP contribution >= 0.6 is 0 Å². The van der Waals surface area contributed by atoms with Crippen LogP contribution in [-0.2, 0) is 17.4 Å². The maximum Gasteiger partial charge on any atom is 0.421 e. The second kappa shape index (κ2) is 16.6. The van der Waals surface area contributed by atoms with Gasteiger partial charge in [-0.1, -0.05) is 32.9 Å². The lowest BCUT2D eigenvalue weighted by atomic mass is 9.86. The largest absolute Gasteiger partial charge is 0.421 e. The van der Waals surface area contributed by atoms with E-state index in [2.05, 4.69) is 56.5 Å². The fraction of sp³-hybridized carbons (Fsp3) is 0.676. The minimum absolute atomic E-state index is 0.0831. The molecule has 11 heteroatoms. The number of hydrogen-bond acceptors (Lipinski definition) is 7. The number of benzene rings is 1. The van der Waals surface area contributed by atoms with Crippen LogP contribution in [0.1, 0.15) is 94.7 Å². The van der Waals surface area contributed by atoms with E-state index in [1.165, 1.54) is 31.5 Å². The Labute approximate surface area is 267 Å². The van der Waals surface area contributed by atoms with Gasteiger partial charge >= 0.3 is 6.18 Å². The fourth-order valence-corrected chi connectivity index (χ4v) is 6.62. The zero-order valence-corrected chi connectivity index (χ0v) is 27.6. The number of piperidine rings is 2. The average molecular weight is 632 g/mol. The van der Waals surface area contributed by atoms with Crippen LogP contribution in [-0.4, -0.2) is 89.5 Å². The van der Waals surface area contributed by atoms with Gasteiger partial charge in [0.05, 0.1) is 0 Å². The molecule has 0 radical (unpaired) electrons. The monoisotopic (exact) mass is 631 g/mol. The lowest BCUT2D eigenvalue weighted by Gasteiger charge is -2.41. The number of alkyl halides is 3. The summed E-state index contributed by atoms with van der Waals surface area (Å²) in [6.07, 6.45) is 4.40. The Morgan fingerprint density at radius 1 is 1.02 bits per heavy atom. The van der Waals surface area contributed by atoms with Crippen molar-refractivity contribution in [3.8, 4) is 0 Å². The molecular formula is C34H52F3N7O. The van der Waals surface area contributed by atoms with Gasteiger partial charge < -0.3 is 25.3 Å². The van der Waals surface area contributed by atoms with Crippen LogP contribution in [0.5, 0.6) is 0 Å². The molecule has 2 aliphatic rings. The molecule has 45 heavy (non-hydrogen) atoms. The number of halogens is 3. The number of amides is 1. The average Bonchev–Trinajstić information content (AvgIpc) is 3.03. The lowest BCUT2D eigenvalue weighted by Crippen LogP contribution is -2.46. The van der Waals surface area contributed by atoms with Crippen molar-refractivity contribution in [2.24, 2.45) is 0 Å². The first-order valence-electron chi connectivity index (χ1n) is 16.9. The van der Waals surface area contributed by atoms with Crippen molar-refractivity contribution >= 4 is 23.4 Å². The minimum Gasteiger partial charge on any atom is -0.369 e. The SMILES string of the molecule is CCCC(=O)N(CCC)CCCNc1nc(Nc2ccc(C3CCN(C4CCN(C)CC4)CC3)cc2CC)ncc1C(F)(F)F. The second-order valence-electron chi connectivity index (χ2n) is 12.6. The fourth-order valence-electron chi connectivity index (χ4n) is 6.62. The van der Waals surface area contributed by atoms with E-state index >= 15 is 0 Å². The van der Waals surface area contributed by atoms with Crippen molar-refractivity contribution in [2.75, 3.05) is 63.5 Å². The summed E-state index contributed by atoms with van der Waals surface area (Å²) < 4.78 is 41.5. The first-order chi connectivity index (χ1) is 21.6. The van der Waals surface area contributed by atoms with Crippen molar-refractivity contribution in [3.63, 3.8) is 0 Å². The summed E-state index contributed by atoms with van der Waals surface area (Å²) in [7, 11) is 2.20. The molecule has 2 N–H and O–H groups in total. The number of rotatable bonds is 14. The quantitative estimate of drug-likeness (QED) is 0.219. The summed E-state index contributed by atoms with van der Waals surface area (Å²) in [6, 6.07) is 7.10. The molecule has 8 nitrogen and oxygen atoms in total. The van der Waals surface area contributed by atoms with Crippen molar-refractivity contribution in [1.29, 1.82) is 0 Å². The van der Waals surface area contributed by atoms with E-state index in [1.807, 2.05) is 19.9 Å². The summed E-state index contributed by atoms with van der Waals surface area (Å²) >= 11 is 0. The Hall–Kier alpha value is -2.92. The standard InChI is InChI=1S/C34H52F3N7O/c1-5-9-31(45)44(17-6-2)18-8-16-38-32-29(34(35,36)37)24-39-33(41-32)40-30-11-10-27(23-25(30)7-3)26-12-21-43(22-13-26)28-14-19-42(4)20-15-28/h10-11,23-24,26,28H,5-9,12-22H2,1-4H3,(H2,38,39,40,41). The van der Waals surface area contributed by atoms with Gasteiger partial charge in [-0.15, -0.1) is 0 Å². The molecule has 0 unspecified atom stereocenters. The van der Waals surface area contributed by atoms with Gasteiger partial charge in [-0.2, -0.15) is 18.2 Å². The number of aromatic nitrogens is 2. The Morgan fingerprint density at radius 2 is 1.76 bits per heavy atom. The smallest absolute Gasteiger partial charge is 0.369 e. The molecule has 2 aromatic rings. The van der Waals surface area contributed by atoms with Crippen molar-refractivity contribution in [1.82, 2.24) is 24.7 Å². The minimum atomic E-state index is -4.59. The Bertz CT molecular complexity index is 1220. The van der Waals surface area contributed by atoms with Gasteiger partial charge in [0.15, 0.2) is 0 Å². The van der Waals surface area contributed by atoms with Crippen LogP contribution in [0.2, 0.25) is 0 Å². The highest BCUT2D eigenvalue weighted by Gasteiger charge is 2.35. The number of carbonyl (C=O) groups is 1. The van der Waals surface area contributed by atoms with E-state index in [4.69, 9.17) is 0 Å². The normalized spacial score (nSPS) is 17.4. The molecule has 0 spiro atoms. The molecule has 4 rings (SSSR count). The number of carbonyl (C=O) groups excluding carboxylic acids is 1. The van der Waals surface area contributed by atoms with Gasteiger partial charge in [0.25, 0.3) is 0 Å². The van der Waals surface area contributed by atoms with Gasteiger partial charge in [-0.05, 0) is 108 Å². The van der Waals surface area contributed by atoms with Crippen LogP contribution in [0.15, 0.2) is 24.4 Å². The van der Waals surface area contributed by atoms with E-state index in [1.54, 1.807) is 4.90 Å². The third-order valence-electron chi connectivity index (χ3n) is 9.26. The molecule has 0 saturated carbocycles. The van der Waals surface area contributed by atoms with Gasteiger partial charge in [-0.3, -0.25) is 4.79 Å². The summed E-state index contributed by atoms with van der Waals surface area (Å²) in [5.74, 6) is 0.452. The van der Waals surface area contributed by atoms with Crippen LogP contribution in [0.4, 0.5) is 30.6 Å². The first kappa shape index (κ1) is 34.9. The number of hydrogen-bond donors (Lipinski definition) is 2. The predicted molar refractivity (Wildman–Crippen MR) is 175 cm³/mol. The van der Waals surface area contributed by atoms with Crippen LogP contribution in [0.25, 0.3) is 0 Å². The molecule has 2 fully saturated rings. The van der Waals surface area contributed by atoms with E-state index < -0.39 is 11.7 Å². The summed E-state index contributed by atoms with van der Waals surface area (Å²) in [4.78, 5) is 27.5.